The molecule has 0 spiro atoms. The summed E-state index contributed by atoms with van der Waals surface area (Å²) in [5.74, 6) is 0. The Morgan fingerprint density at radius 3 is 2.60 bits per heavy atom. The van der Waals surface area contributed by atoms with Crippen molar-refractivity contribution in [2.75, 3.05) is 6.54 Å². The molecule has 2 fully saturated rings. The molecule has 1 aliphatic carbocycles. The number of hydrogen-bond acceptors (Lipinski definition) is 3. The Labute approximate surface area is 121 Å². The maximum atomic E-state index is 6.16. The smallest absolute Gasteiger partial charge is 0.0776 e. The third kappa shape index (κ3) is 3.07. The third-order valence-electron chi connectivity index (χ3n) is 4.67. The van der Waals surface area contributed by atoms with Crippen LogP contribution in [0.4, 0.5) is 0 Å². The summed E-state index contributed by atoms with van der Waals surface area (Å²) < 4.78 is 8.31. The molecule has 4 heteroatoms. The van der Waals surface area contributed by atoms with Crippen molar-refractivity contribution < 1.29 is 4.74 Å². The van der Waals surface area contributed by atoms with E-state index in [4.69, 9.17) is 4.74 Å². The molecule has 1 saturated carbocycles. The minimum Gasteiger partial charge on any atom is -0.372 e. The normalized spacial score (nSPS) is 26.4. The first-order valence-corrected chi connectivity index (χ1v) is 8.09. The van der Waals surface area contributed by atoms with Gasteiger partial charge >= 0.3 is 0 Å². The van der Waals surface area contributed by atoms with Crippen LogP contribution in [0.5, 0.6) is 0 Å². The number of aromatic nitrogens is 2. The van der Waals surface area contributed by atoms with Crippen molar-refractivity contribution in [3.8, 4) is 0 Å². The van der Waals surface area contributed by atoms with Crippen LogP contribution >= 0.6 is 0 Å². The SMILES string of the molecule is CCc1c(C)nn(CC2CCC(CNC3CC3)O2)c1C. The van der Waals surface area contributed by atoms with Gasteiger partial charge in [0.15, 0.2) is 0 Å². The molecular weight excluding hydrogens is 250 g/mol. The quantitative estimate of drug-likeness (QED) is 0.867. The third-order valence-corrected chi connectivity index (χ3v) is 4.67. The molecule has 1 aromatic heterocycles. The minimum absolute atomic E-state index is 0.337. The maximum Gasteiger partial charge on any atom is 0.0776 e. The molecule has 0 bridgehead atoms. The summed E-state index contributed by atoms with van der Waals surface area (Å²) in [6.45, 7) is 8.43. The molecule has 2 heterocycles. The average Bonchev–Trinajstić information content (AvgIpc) is 3.09. The zero-order valence-corrected chi connectivity index (χ0v) is 13.0. The Morgan fingerprint density at radius 2 is 1.95 bits per heavy atom. The summed E-state index contributed by atoms with van der Waals surface area (Å²) in [4.78, 5) is 0. The first-order chi connectivity index (χ1) is 9.67. The van der Waals surface area contributed by atoms with Gasteiger partial charge in [-0.05, 0) is 51.5 Å². The van der Waals surface area contributed by atoms with Gasteiger partial charge in [0.25, 0.3) is 0 Å². The molecule has 0 amide bonds. The molecule has 1 N–H and O–H groups in total. The number of hydrogen-bond donors (Lipinski definition) is 1. The fourth-order valence-corrected chi connectivity index (χ4v) is 3.27. The first-order valence-electron chi connectivity index (χ1n) is 8.09. The predicted molar refractivity (Wildman–Crippen MR) is 80.0 cm³/mol. The molecule has 112 valence electrons. The predicted octanol–water partition coefficient (Wildman–Crippen LogP) is 2.36. The minimum atomic E-state index is 0.337. The molecule has 2 atom stereocenters. The standard InChI is InChI=1S/C16H27N3O/c1-4-16-11(2)18-19(12(16)3)10-15-8-7-14(20-15)9-17-13-5-6-13/h13-15,17H,4-10H2,1-3H3. The molecule has 2 unspecified atom stereocenters. The fourth-order valence-electron chi connectivity index (χ4n) is 3.27. The van der Waals surface area contributed by atoms with Crippen molar-refractivity contribution in [1.29, 1.82) is 0 Å². The summed E-state index contributed by atoms with van der Waals surface area (Å²) >= 11 is 0. The highest BCUT2D eigenvalue weighted by molar-refractivity contribution is 5.24. The van der Waals surface area contributed by atoms with Gasteiger partial charge < -0.3 is 10.1 Å². The molecule has 1 aromatic rings. The molecule has 0 aromatic carbocycles. The second-order valence-corrected chi connectivity index (χ2v) is 6.33. The van der Waals surface area contributed by atoms with Gasteiger partial charge in [0.1, 0.15) is 0 Å². The Hall–Kier alpha value is -0.870. The largest absolute Gasteiger partial charge is 0.372 e. The number of aryl methyl sites for hydroxylation is 1. The van der Waals surface area contributed by atoms with E-state index in [2.05, 4.69) is 35.9 Å². The van der Waals surface area contributed by atoms with Gasteiger partial charge in [0.2, 0.25) is 0 Å². The summed E-state index contributed by atoms with van der Waals surface area (Å²) in [6, 6.07) is 0.778. The topological polar surface area (TPSA) is 39.1 Å². The lowest BCUT2D eigenvalue weighted by atomic mass is 10.1. The van der Waals surface area contributed by atoms with E-state index in [1.807, 2.05) is 0 Å². The monoisotopic (exact) mass is 277 g/mol. The maximum absolute atomic E-state index is 6.16. The van der Waals surface area contributed by atoms with Gasteiger partial charge in [-0.25, -0.2) is 0 Å². The van der Waals surface area contributed by atoms with Crippen molar-refractivity contribution >= 4 is 0 Å². The number of nitrogens with one attached hydrogen (secondary N) is 1. The summed E-state index contributed by atoms with van der Waals surface area (Å²) in [5.41, 5.74) is 3.89. The molecule has 2 aliphatic rings. The van der Waals surface area contributed by atoms with Gasteiger partial charge in [-0.3, -0.25) is 4.68 Å². The van der Waals surface area contributed by atoms with E-state index >= 15 is 0 Å². The van der Waals surface area contributed by atoms with Crippen LogP contribution < -0.4 is 5.32 Å². The lowest BCUT2D eigenvalue weighted by molar-refractivity contribution is 0.0336. The number of nitrogens with zero attached hydrogens (tertiary/aromatic N) is 2. The highest BCUT2D eigenvalue weighted by atomic mass is 16.5. The van der Waals surface area contributed by atoms with Crippen LogP contribution in [0.1, 0.15) is 49.6 Å². The van der Waals surface area contributed by atoms with Crippen LogP contribution in [0.15, 0.2) is 0 Å². The first kappa shape index (κ1) is 14.1. The van der Waals surface area contributed by atoms with Crippen molar-refractivity contribution in [2.24, 2.45) is 0 Å². The van der Waals surface area contributed by atoms with E-state index in [0.717, 1.165) is 32.0 Å². The number of rotatable bonds is 6. The zero-order valence-electron chi connectivity index (χ0n) is 13.0. The Kier molecular flexibility index (Phi) is 4.13. The van der Waals surface area contributed by atoms with E-state index in [0.29, 0.717) is 12.2 Å². The van der Waals surface area contributed by atoms with Crippen molar-refractivity contribution in [3.63, 3.8) is 0 Å². The molecule has 1 saturated heterocycles. The molecule has 0 radical (unpaired) electrons. The fraction of sp³-hybridized carbons (Fsp3) is 0.812. The summed E-state index contributed by atoms with van der Waals surface area (Å²) in [6.07, 6.45) is 6.86. The van der Waals surface area contributed by atoms with E-state index in [1.54, 1.807) is 0 Å². The van der Waals surface area contributed by atoms with Gasteiger partial charge in [0, 0.05) is 18.3 Å². The Balaban J connectivity index is 1.53. The van der Waals surface area contributed by atoms with Gasteiger partial charge in [0.05, 0.1) is 24.4 Å². The Bertz CT molecular complexity index is 465. The second-order valence-electron chi connectivity index (χ2n) is 6.33. The van der Waals surface area contributed by atoms with Crippen LogP contribution in [0.25, 0.3) is 0 Å². The lowest BCUT2D eigenvalue weighted by Gasteiger charge is -2.15. The van der Waals surface area contributed by atoms with Gasteiger partial charge in [-0.2, -0.15) is 5.10 Å². The molecule has 1 aliphatic heterocycles. The highest BCUT2D eigenvalue weighted by Crippen LogP contribution is 2.24. The molecule has 3 rings (SSSR count). The van der Waals surface area contributed by atoms with Crippen molar-refractivity contribution in [1.82, 2.24) is 15.1 Å². The van der Waals surface area contributed by atoms with Crippen LogP contribution in [0.3, 0.4) is 0 Å². The van der Waals surface area contributed by atoms with Gasteiger partial charge in [-0.15, -0.1) is 0 Å². The van der Waals surface area contributed by atoms with Crippen LogP contribution in [0, 0.1) is 13.8 Å². The second kappa shape index (κ2) is 5.86. The van der Waals surface area contributed by atoms with Crippen molar-refractivity contribution in [2.45, 2.75) is 77.7 Å². The average molecular weight is 277 g/mol. The Morgan fingerprint density at radius 1 is 1.20 bits per heavy atom. The molecular formula is C16H27N3O. The summed E-state index contributed by atoms with van der Waals surface area (Å²) in [7, 11) is 0. The van der Waals surface area contributed by atoms with E-state index in [-0.39, 0.29) is 0 Å². The van der Waals surface area contributed by atoms with E-state index in [1.165, 1.54) is 36.2 Å². The van der Waals surface area contributed by atoms with Crippen LogP contribution in [-0.2, 0) is 17.7 Å². The number of ether oxygens (including phenoxy) is 1. The molecule has 20 heavy (non-hydrogen) atoms. The summed E-state index contributed by atoms with van der Waals surface area (Å²) in [5, 5.41) is 8.24. The molecule has 4 nitrogen and oxygen atoms in total. The lowest BCUT2D eigenvalue weighted by Crippen LogP contribution is -2.29. The van der Waals surface area contributed by atoms with Crippen molar-refractivity contribution in [3.05, 3.63) is 17.0 Å². The van der Waals surface area contributed by atoms with E-state index < -0.39 is 0 Å². The van der Waals surface area contributed by atoms with Crippen LogP contribution in [-0.4, -0.2) is 34.6 Å². The van der Waals surface area contributed by atoms with E-state index in [9.17, 15) is 0 Å². The van der Waals surface area contributed by atoms with Gasteiger partial charge in [-0.1, -0.05) is 6.92 Å². The zero-order chi connectivity index (χ0) is 14.1. The highest BCUT2D eigenvalue weighted by Gasteiger charge is 2.28. The van der Waals surface area contributed by atoms with Crippen LogP contribution in [0.2, 0.25) is 0 Å².